The number of rotatable bonds is 7. The van der Waals surface area contributed by atoms with Gasteiger partial charge in [0.25, 0.3) is 0 Å². The molecule has 2 N–H and O–H groups in total. The van der Waals surface area contributed by atoms with Crippen LogP contribution in [0.5, 0.6) is 0 Å². The van der Waals surface area contributed by atoms with Crippen molar-refractivity contribution in [2.45, 2.75) is 39.2 Å². The Balaban J connectivity index is 1.47. The number of piperidine rings is 1. The molecule has 1 aliphatic rings. The van der Waals surface area contributed by atoms with Crippen molar-refractivity contribution in [3.63, 3.8) is 0 Å². The highest BCUT2D eigenvalue weighted by Gasteiger charge is 2.24. The average molecular weight is 460 g/mol. The van der Waals surface area contributed by atoms with Crippen LogP contribution in [0, 0.1) is 5.92 Å². The van der Waals surface area contributed by atoms with Crippen LogP contribution in [-0.2, 0) is 9.53 Å². The topological polar surface area (TPSA) is 96.5 Å². The van der Waals surface area contributed by atoms with E-state index in [0.717, 1.165) is 25.2 Å². The summed E-state index contributed by atoms with van der Waals surface area (Å²) in [6.07, 6.45) is 3.49. The molecule has 32 heavy (non-hydrogen) atoms. The van der Waals surface area contributed by atoms with Gasteiger partial charge in [0, 0.05) is 25.8 Å². The summed E-state index contributed by atoms with van der Waals surface area (Å²) < 4.78 is 5.40. The minimum Gasteiger partial charge on any atom is -0.456 e. The zero-order valence-electron chi connectivity index (χ0n) is 18.7. The number of nitrogens with one attached hydrogen (secondary N) is 2. The molecular weight excluding hydrogens is 430 g/mol. The lowest BCUT2D eigenvalue weighted by molar-refractivity contribution is -0.130. The molecule has 3 rings (SSSR count). The van der Waals surface area contributed by atoms with Crippen LogP contribution in [0.3, 0.4) is 0 Å². The van der Waals surface area contributed by atoms with E-state index in [9.17, 15) is 9.59 Å². The standard InChI is InChI=1S/C23H30ClN5O3/c1-23(2,3)32-22(31)17-6-4-7-18(21(17)24)25-15-20(30)29-12-9-16(10-13-29)14-26-19-8-5-11-27-28-19/h4-8,11,16,25H,9-10,12-15H2,1-3H3,(H,26,28). The molecule has 1 aromatic heterocycles. The van der Waals surface area contributed by atoms with E-state index in [0.29, 0.717) is 24.7 Å². The van der Waals surface area contributed by atoms with Gasteiger partial charge in [-0.15, -0.1) is 5.10 Å². The summed E-state index contributed by atoms with van der Waals surface area (Å²) in [7, 11) is 0. The molecule has 0 unspecified atom stereocenters. The molecule has 1 amide bonds. The molecule has 0 saturated carbocycles. The first-order valence-electron chi connectivity index (χ1n) is 10.8. The molecule has 8 nitrogen and oxygen atoms in total. The number of hydrogen-bond acceptors (Lipinski definition) is 7. The molecule has 172 valence electrons. The van der Waals surface area contributed by atoms with Crippen molar-refractivity contribution in [2.24, 2.45) is 5.92 Å². The Morgan fingerprint density at radius 3 is 2.56 bits per heavy atom. The van der Waals surface area contributed by atoms with Crippen molar-refractivity contribution < 1.29 is 14.3 Å². The zero-order chi connectivity index (χ0) is 23.1. The molecule has 1 fully saturated rings. The summed E-state index contributed by atoms with van der Waals surface area (Å²) >= 11 is 6.40. The Morgan fingerprint density at radius 1 is 1.16 bits per heavy atom. The summed E-state index contributed by atoms with van der Waals surface area (Å²) in [6, 6.07) is 8.81. The number of halogens is 1. The van der Waals surface area contributed by atoms with Gasteiger partial charge in [0.15, 0.2) is 0 Å². The first-order chi connectivity index (χ1) is 15.2. The van der Waals surface area contributed by atoms with Crippen molar-refractivity contribution in [3.05, 3.63) is 47.1 Å². The second-order valence-corrected chi connectivity index (χ2v) is 9.21. The third-order valence-electron chi connectivity index (χ3n) is 5.16. The van der Waals surface area contributed by atoms with Crippen LogP contribution < -0.4 is 10.6 Å². The number of ether oxygens (including phenoxy) is 1. The summed E-state index contributed by atoms with van der Waals surface area (Å²) in [5, 5.41) is 14.5. The highest BCUT2D eigenvalue weighted by Crippen LogP contribution is 2.28. The van der Waals surface area contributed by atoms with Crippen LogP contribution in [0.2, 0.25) is 5.02 Å². The number of anilines is 2. The van der Waals surface area contributed by atoms with E-state index in [1.54, 1.807) is 45.2 Å². The molecule has 2 heterocycles. The number of hydrogen-bond donors (Lipinski definition) is 2. The fraction of sp³-hybridized carbons (Fsp3) is 0.478. The molecule has 0 radical (unpaired) electrons. The predicted molar refractivity (Wildman–Crippen MR) is 125 cm³/mol. The fourth-order valence-corrected chi connectivity index (χ4v) is 3.74. The second-order valence-electron chi connectivity index (χ2n) is 8.84. The van der Waals surface area contributed by atoms with Gasteiger partial charge >= 0.3 is 5.97 Å². The molecule has 0 atom stereocenters. The molecular formula is C23H30ClN5O3. The summed E-state index contributed by atoms with van der Waals surface area (Å²) in [5.41, 5.74) is 0.192. The molecule has 0 aliphatic carbocycles. The van der Waals surface area contributed by atoms with Crippen molar-refractivity contribution in [3.8, 4) is 0 Å². The third-order valence-corrected chi connectivity index (χ3v) is 5.57. The van der Waals surface area contributed by atoms with Gasteiger partial charge in [0.2, 0.25) is 5.91 Å². The second kappa shape index (κ2) is 10.6. The van der Waals surface area contributed by atoms with Gasteiger partial charge in [-0.2, -0.15) is 5.10 Å². The first-order valence-corrected chi connectivity index (χ1v) is 11.2. The monoisotopic (exact) mass is 459 g/mol. The number of nitrogens with zero attached hydrogens (tertiary/aromatic N) is 3. The van der Waals surface area contributed by atoms with Crippen LogP contribution in [-0.4, -0.2) is 58.8 Å². The number of esters is 1. The van der Waals surface area contributed by atoms with Gasteiger partial charge in [-0.3, -0.25) is 4.79 Å². The summed E-state index contributed by atoms with van der Waals surface area (Å²) in [4.78, 5) is 26.9. The lowest BCUT2D eigenvalue weighted by atomic mass is 9.96. The fourth-order valence-electron chi connectivity index (χ4n) is 3.47. The minimum atomic E-state index is -0.615. The molecule has 2 aromatic rings. The summed E-state index contributed by atoms with van der Waals surface area (Å²) in [5.74, 6) is 0.758. The number of likely N-dealkylation sites (tertiary alicyclic amines) is 1. The maximum Gasteiger partial charge on any atom is 0.340 e. The van der Waals surface area contributed by atoms with E-state index in [2.05, 4.69) is 20.8 Å². The smallest absolute Gasteiger partial charge is 0.340 e. The molecule has 9 heteroatoms. The highest BCUT2D eigenvalue weighted by molar-refractivity contribution is 6.36. The van der Waals surface area contributed by atoms with Gasteiger partial charge in [0.05, 0.1) is 22.8 Å². The van der Waals surface area contributed by atoms with Crippen molar-refractivity contribution in [1.29, 1.82) is 0 Å². The minimum absolute atomic E-state index is 0.00377. The van der Waals surface area contributed by atoms with Gasteiger partial charge in [-0.1, -0.05) is 17.7 Å². The largest absolute Gasteiger partial charge is 0.456 e. The Labute approximate surface area is 193 Å². The van der Waals surface area contributed by atoms with E-state index in [4.69, 9.17) is 16.3 Å². The Morgan fingerprint density at radius 2 is 1.91 bits per heavy atom. The van der Waals surface area contributed by atoms with Crippen LogP contribution in [0.1, 0.15) is 44.0 Å². The third kappa shape index (κ3) is 6.82. The number of carbonyl (C=O) groups is 2. The van der Waals surface area contributed by atoms with Crippen LogP contribution in [0.25, 0.3) is 0 Å². The van der Waals surface area contributed by atoms with Gasteiger partial charge in [-0.25, -0.2) is 4.79 Å². The van der Waals surface area contributed by atoms with E-state index >= 15 is 0 Å². The van der Waals surface area contributed by atoms with Crippen LogP contribution >= 0.6 is 11.6 Å². The van der Waals surface area contributed by atoms with Crippen molar-refractivity contribution >= 4 is 35.0 Å². The summed E-state index contributed by atoms with van der Waals surface area (Å²) in [6.45, 7) is 7.74. The lowest BCUT2D eigenvalue weighted by Gasteiger charge is -2.32. The SMILES string of the molecule is CC(C)(C)OC(=O)c1cccc(NCC(=O)N2CCC(CNc3cccnn3)CC2)c1Cl. The Kier molecular flexibility index (Phi) is 7.90. The maximum atomic E-state index is 12.7. The van der Waals surface area contributed by atoms with Gasteiger partial charge < -0.3 is 20.3 Å². The first kappa shape index (κ1) is 23.8. The van der Waals surface area contributed by atoms with Gasteiger partial charge in [0.1, 0.15) is 11.4 Å². The number of carbonyl (C=O) groups excluding carboxylic acids is 2. The molecule has 0 bridgehead atoms. The molecule has 1 saturated heterocycles. The zero-order valence-corrected chi connectivity index (χ0v) is 19.5. The lowest BCUT2D eigenvalue weighted by Crippen LogP contribution is -2.42. The Bertz CT molecular complexity index is 925. The molecule has 1 aromatic carbocycles. The Hall–Kier alpha value is -2.87. The number of benzene rings is 1. The van der Waals surface area contributed by atoms with E-state index in [1.807, 2.05) is 17.0 Å². The van der Waals surface area contributed by atoms with Gasteiger partial charge in [-0.05, 0) is 63.8 Å². The van der Waals surface area contributed by atoms with E-state index in [1.165, 1.54) is 0 Å². The number of amides is 1. The predicted octanol–water partition coefficient (Wildman–Crippen LogP) is 3.85. The van der Waals surface area contributed by atoms with Crippen LogP contribution in [0.15, 0.2) is 36.5 Å². The van der Waals surface area contributed by atoms with Crippen molar-refractivity contribution in [1.82, 2.24) is 15.1 Å². The number of aromatic nitrogens is 2. The average Bonchev–Trinajstić information content (AvgIpc) is 2.76. The highest BCUT2D eigenvalue weighted by atomic mass is 35.5. The van der Waals surface area contributed by atoms with Crippen molar-refractivity contribution in [2.75, 3.05) is 36.8 Å². The maximum absolute atomic E-state index is 12.7. The normalized spacial score (nSPS) is 14.7. The van der Waals surface area contributed by atoms with E-state index in [-0.39, 0.29) is 23.0 Å². The quantitative estimate of drug-likeness (QED) is 0.607. The molecule has 0 spiro atoms. The van der Waals surface area contributed by atoms with Crippen LogP contribution in [0.4, 0.5) is 11.5 Å². The molecule has 1 aliphatic heterocycles. The van der Waals surface area contributed by atoms with E-state index < -0.39 is 11.6 Å².